The number of para-hydroxylation sites is 4. The van der Waals surface area contributed by atoms with Gasteiger partial charge in [0, 0.05) is 82.1 Å². The van der Waals surface area contributed by atoms with Gasteiger partial charge in [0.25, 0.3) is 0 Å². The number of nitrogens with zero attached hydrogens (tertiary/aromatic N) is 4. The monoisotopic (exact) mass is 1120 g/mol. The van der Waals surface area contributed by atoms with E-state index in [4.69, 9.17) is 19.3 Å². The van der Waals surface area contributed by atoms with Crippen molar-refractivity contribution in [2.45, 2.75) is 72.0 Å². The van der Waals surface area contributed by atoms with Gasteiger partial charge in [-0.2, -0.15) is 12.1 Å². The molecule has 0 bridgehead atoms. The fourth-order valence-corrected chi connectivity index (χ4v) is 8.92. The van der Waals surface area contributed by atoms with Crippen LogP contribution in [0.15, 0.2) is 188 Å². The Hall–Kier alpha value is -7.20. The summed E-state index contributed by atoms with van der Waals surface area (Å²) in [6.45, 7) is 7.00. The van der Waals surface area contributed by atoms with Gasteiger partial charge >= 0.3 is 0 Å². The van der Waals surface area contributed by atoms with Crippen LogP contribution >= 0.6 is 0 Å². The summed E-state index contributed by atoms with van der Waals surface area (Å²) in [6, 6.07) is 41.9. The molecule has 0 unspecified atom stereocenters. The fourth-order valence-electron chi connectivity index (χ4n) is 8.92. The zero-order chi connectivity index (χ0) is 61.2. The third-order valence-electron chi connectivity index (χ3n) is 12.6. The van der Waals surface area contributed by atoms with Gasteiger partial charge in [-0.25, -0.2) is 4.98 Å². The van der Waals surface area contributed by atoms with Crippen molar-refractivity contribution in [2.75, 3.05) is 9.80 Å². The van der Waals surface area contributed by atoms with Crippen LogP contribution in [0.5, 0.6) is 11.5 Å². The van der Waals surface area contributed by atoms with Crippen LogP contribution in [0.4, 0.5) is 22.7 Å². The minimum absolute atomic E-state index is 0. The molecular weight excluding hydrogens is 1050 g/mol. The molecule has 6 heteroatoms. The summed E-state index contributed by atoms with van der Waals surface area (Å²) in [5.41, 5.74) is 3.83. The van der Waals surface area contributed by atoms with Gasteiger partial charge in [-0.05, 0) is 91.4 Å². The number of pyridine rings is 1. The largest absolute Gasteiger partial charge is 0.509 e. The molecule has 1 aliphatic heterocycles. The number of aromatic nitrogens is 2. The molecule has 0 saturated carbocycles. The zero-order valence-corrected chi connectivity index (χ0v) is 42.1. The van der Waals surface area contributed by atoms with Crippen LogP contribution in [0.25, 0.3) is 61.0 Å². The molecule has 0 amide bonds. The normalized spacial score (nSPS) is 16.2. The number of fused-ring (bicyclic) bond motifs is 4. The summed E-state index contributed by atoms with van der Waals surface area (Å²) in [5.74, 6) is -2.16. The first-order valence-electron chi connectivity index (χ1n) is 30.5. The molecule has 0 atom stereocenters. The molecule has 0 N–H and O–H groups in total. The maximum atomic E-state index is 9.69. The van der Waals surface area contributed by atoms with Crippen molar-refractivity contribution in [3.05, 3.63) is 223 Å². The molecule has 11 rings (SSSR count). The number of ether oxygens (including phenoxy) is 1. The van der Waals surface area contributed by atoms with E-state index in [2.05, 4.69) is 70.4 Å². The third-order valence-corrected chi connectivity index (χ3v) is 12.6. The van der Waals surface area contributed by atoms with Crippen LogP contribution in [-0.4, -0.2) is 9.55 Å². The van der Waals surface area contributed by atoms with Gasteiger partial charge in [0.15, 0.2) is 0 Å². The van der Waals surface area contributed by atoms with E-state index >= 15 is 0 Å². The number of hydrogen-bond acceptors (Lipinski definition) is 4. The second-order valence-electron chi connectivity index (χ2n) is 19.3. The Bertz CT molecular complexity index is 4260. The average molecular weight is 1120 g/mol. The Balaban J connectivity index is 0.00000820. The zero-order valence-electron chi connectivity index (χ0n) is 54.9. The molecule has 356 valence electrons. The second kappa shape index (κ2) is 18.8. The Kier molecular flexibility index (Phi) is 8.67. The summed E-state index contributed by atoms with van der Waals surface area (Å²) in [5, 5.41) is 1.96. The molecular formula is C65H57N4OPt-3. The van der Waals surface area contributed by atoms with E-state index in [9.17, 15) is 11.0 Å². The number of hydrogen-bond donors (Lipinski definition) is 0. The van der Waals surface area contributed by atoms with Crippen molar-refractivity contribution in [3.63, 3.8) is 0 Å². The second-order valence-corrected chi connectivity index (χ2v) is 19.3. The van der Waals surface area contributed by atoms with Crippen LogP contribution in [-0.2, 0) is 31.9 Å². The molecule has 10 aromatic rings. The van der Waals surface area contributed by atoms with Crippen molar-refractivity contribution in [3.8, 4) is 50.7 Å². The average Bonchev–Trinajstić information content (AvgIpc) is 1.45. The van der Waals surface area contributed by atoms with Crippen molar-refractivity contribution in [1.29, 1.82) is 0 Å². The van der Waals surface area contributed by atoms with Crippen LogP contribution in [0.1, 0.15) is 98.4 Å². The molecule has 2 aromatic heterocycles. The van der Waals surface area contributed by atoms with E-state index in [1.165, 1.54) is 12.1 Å². The van der Waals surface area contributed by atoms with E-state index in [-0.39, 0.29) is 71.9 Å². The Labute approximate surface area is 454 Å². The van der Waals surface area contributed by atoms with Gasteiger partial charge in [0.05, 0.1) is 11.0 Å². The first-order chi connectivity index (χ1) is 39.9. The van der Waals surface area contributed by atoms with Crippen LogP contribution in [0.3, 0.4) is 0 Å². The molecule has 0 aliphatic carbocycles. The first kappa shape index (κ1) is 32.6. The van der Waals surface area contributed by atoms with Crippen molar-refractivity contribution in [1.82, 2.24) is 9.55 Å². The fraction of sp³-hybridized carbons (Fsp3) is 0.169. The van der Waals surface area contributed by atoms with E-state index in [1.807, 2.05) is 66.9 Å². The van der Waals surface area contributed by atoms with E-state index in [1.54, 1.807) is 65.0 Å². The quantitative estimate of drug-likeness (QED) is 0.135. The number of benzene rings is 8. The van der Waals surface area contributed by atoms with Crippen LogP contribution in [0.2, 0.25) is 0 Å². The molecule has 0 fully saturated rings. The minimum Gasteiger partial charge on any atom is -0.509 e. The molecule has 0 radical (unpaired) electrons. The summed E-state index contributed by atoms with van der Waals surface area (Å²) in [6.07, 6.45) is 1.81. The van der Waals surface area contributed by atoms with Gasteiger partial charge in [0.2, 0.25) is 0 Å². The van der Waals surface area contributed by atoms with Crippen LogP contribution < -0.4 is 14.5 Å². The Morgan fingerprint density at radius 1 is 0.592 bits per heavy atom. The van der Waals surface area contributed by atoms with E-state index < -0.39 is 67.0 Å². The Morgan fingerprint density at radius 3 is 1.90 bits per heavy atom. The van der Waals surface area contributed by atoms with Crippen LogP contribution in [0, 0.1) is 18.8 Å². The molecule has 71 heavy (non-hydrogen) atoms. The molecule has 3 heterocycles. The molecule has 5 nitrogen and oxygen atoms in total. The van der Waals surface area contributed by atoms with Crippen molar-refractivity contribution < 1.29 is 46.4 Å². The predicted molar refractivity (Wildman–Crippen MR) is 292 cm³/mol. The minimum atomic E-state index is -3.64. The topological polar surface area (TPSA) is 33.5 Å². The van der Waals surface area contributed by atoms with Crippen molar-refractivity contribution >= 4 is 44.6 Å². The van der Waals surface area contributed by atoms with Gasteiger partial charge in [0.1, 0.15) is 5.82 Å². The summed E-state index contributed by atoms with van der Waals surface area (Å²) in [7, 11) is 0. The summed E-state index contributed by atoms with van der Waals surface area (Å²) >= 11 is 0. The maximum absolute atomic E-state index is 9.69. The number of anilines is 4. The first-order valence-corrected chi connectivity index (χ1v) is 23.0. The van der Waals surface area contributed by atoms with E-state index in [0.29, 0.717) is 34.1 Å². The molecule has 0 spiro atoms. The van der Waals surface area contributed by atoms with E-state index in [0.717, 1.165) is 38.8 Å². The maximum Gasteiger partial charge on any atom is 0.135 e. The smallest absolute Gasteiger partial charge is 0.135 e. The van der Waals surface area contributed by atoms with Gasteiger partial charge in [-0.3, -0.25) is 0 Å². The molecule has 8 aromatic carbocycles. The summed E-state index contributed by atoms with van der Waals surface area (Å²) in [4.78, 5) is 8.26. The molecule has 1 aliphatic rings. The van der Waals surface area contributed by atoms with Crippen molar-refractivity contribution in [2.24, 2.45) is 0 Å². The standard InChI is InChI=1S/C65H57N4O.Pt/c1-43(2)44-23-27-47(28-24-44)54-18-14-19-55(48-29-25-45(26-30-48)46-31-33-49(34-32-46)64(3,4)5)63(54)68-42-67(59-21-11-12-22-60(59)68)51-15-13-16-52(40-51)70-53-35-36-57-56-17-9-10-20-58(56)69(61(57)41-53)62-39-50(37-38-66-62)65(6,7)8;/h9-39,42-43H,1-8H3;/q-3;/i1D3,2D3,23D,24D,25D,26D,27D,28D,29D,30D,43D;. The van der Waals surface area contributed by atoms with Gasteiger partial charge in [-0.1, -0.05) is 182 Å². The predicted octanol–water partition coefficient (Wildman–Crippen LogP) is 17.7. The number of rotatable bonds is 9. The molecule has 0 saturated heterocycles. The third kappa shape index (κ3) is 9.09. The summed E-state index contributed by atoms with van der Waals surface area (Å²) < 4.78 is 143. The van der Waals surface area contributed by atoms with Gasteiger partial charge in [-0.15, -0.1) is 48.1 Å². The SMILES string of the molecule is [2H]c1c([2H])c(-c2cccc(-c3c([2H])c([2H])c(C([2H])(C([2H])([2H])[2H])C([2H])([2H])[2H])c([2H])c3[2H])c2N2[CH-]N(c3[c-]c(Oc4[c-]c5c(cc4)c4ccccc4n5-c4cc(C(C)(C)C)ccn4)ccc3)c3ccccc32)c([2H])c([2H])c1-c1ccc(C(C)(C)C)cc1.[Pt]. The van der Waals surface area contributed by atoms with Gasteiger partial charge < -0.3 is 19.1 Å². The Morgan fingerprint density at radius 2 is 1.21 bits per heavy atom.